The normalized spacial score (nSPS) is 11.3. The van der Waals surface area contributed by atoms with Crippen molar-refractivity contribution in [3.05, 3.63) is 33.8 Å². The Kier molecular flexibility index (Phi) is 8.61. The van der Waals surface area contributed by atoms with Crippen LogP contribution in [0.25, 0.3) is 0 Å². The number of rotatable bonds is 7. The van der Waals surface area contributed by atoms with E-state index in [1.165, 1.54) is 0 Å². The lowest BCUT2D eigenvalue weighted by molar-refractivity contribution is 0.145. The zero-order chi connectivity index (χ0) is 15.7. The highest BCUT2D eigenvalue weighted by atomic mass is 35.5. The molecule has 21 heavy (non-hydrogen) atoms. The second-order valence-electron chi connectivity index (χ2n) is 4.24. The Labute approximate surface area is 140 Å². The van der Waals surface area contributed by atoms with E-state index >= 15 is 0 Å². The van der Waals surface area contributed by atoms with Crippen molar-refractivity contribution in [3.63, 3.8) is 0 Å². The molecule has 0 atom stereocenters. The van der Waals surface area contributed by atoms with Gasteiger partial charge in [0.25, 0.3) is 0 Å². The summed E-state index contributed by atoms with van der Waals surface area (Å²) in [6.07, 6.45) is 0.894. The fraction of sp³-hybridized carbons (Fsp3) is 0.429. The average Bonchev–Trinajstić information content (AvgIpc) is 2.47. The minimum Gasteiger partial charge on any atom is -0.382 e. The van der Waals surface area contributed by atoms with Gasteiger partial charge < -0.3 is 10.1 Å². The number of halogens is 2. The second kappa shape index (κ2) is 9.95. The molecule has 0 radical (unpaired) electrons. The Morgan fingerprint density at radius 3 is 2.76 bits per heavy atom. The summed E-state index contributed by atoms with van der Waals surface area (Å²) in [6.45, 7) is 6.03. The van der Waals surface area contributed by atoms with Crippen LogP contribution < -0.4 is 10.7 Å². The SMILES string of the molecule is CCOCCCNC(=S)N/N=C(/C)c1ccc(Cl)c(Cl)c1. The first-order valence-corrected chi connectivity index (χ1v) is 7.82. The number of hydrogen-bond donors (Lipinski definition) is 2. The van der Waals surface area contributed by atoms with Crippen molar-refractivity contribution in [2.24, 2.45) is 5.10 Å². The molecule has 1 aromatic rings. The summed E-state index contributed by atoms with van der Waals surface area (Å²) in [5.41, 5.74) is 4.45. The van der Waals surface area contributed by atoms with E-state index in [9.17, 15) is 0 Å². The predicted molar refractivity (Wildman–Crippen MR) is 93.5 cm³/mol. The zero-order valence-corrected chi connectivity index (χ0v) is 14.4. The molecule has 0 aromatic heterocycles. The van der Waals surface area contributed by atoms with Crippen molar-refractivity contribution in [1.29, 1.82) is 0 Å². The number of nitrogens with one attached hydrogen (secondary N) is 2. The molecule has 0 aliphatic heterocycles. The van der Waals surface area contributed by atoms with Gasteiger partial charge in [-0.3, -0.25) is 5.43 Å². The first-order valence-electron chi connectivity index (χ1n) is 6.66. The third-order valence-corrected chi connectivity index (χ3v) is 3.59. The summed E-state index contributed by atoms with van der Waals surface area (Å²) in [7, 11) is 0. The summed E-state index contributed by atoms with van der Waals surface area (Å²) in [4.78, 5) is 0. The van der Waals surface area contributed by atoms with Gasteiger partial charge >= 0.3 is 0 Å². The summed E-state index contributed by atoms with van der Waals surface area (Å²) >= 11 is 17.0. The molecule has 0 amide bonds. The number of hydrazone groups is 1. The predicted octanol–water partition coefficient (Wildman–Crippen LogP) is 3.61. The van der Waals surface area contributed by atoms with Crippen LogP contribution in [0, 0.1) is 0 Å². The topological polar surface area (TPSA) is 45.6 Å². The molecule has 1 rings (SSSR count). The van der Waals surface area contributed by atoms with Gasteiger partial charge in [-0.15, -0.1) is 0 Å². The zero-order valence-electron chi connectivity index (χ0n) is 12.1. The fourth-order valence-electron chi connectivity index (χ4n) is 1.48. The van der Waals surface area contributed by atoms with Crippen LogP contribution in [0.3, 0.4) is 0 Å². The number of nitrogens with zero attached hydrogens (tertiary/aromatic N) is 1. The lowest BCUT2D eigenvalue weighted by atomic mass is 10.1. The van der Waals surface area contributed by atoms with Gasteiger partial charge in [0.1, 0.15) is 0 Å². The lowest BCUT2D eigenvalue weighted by Gasteiger charge is -2.08. The molecule has 0 aliphatic carbocycles. The smallest absolute Gasteiger partial charge is 0.186 e. The maximum atomic E-state index is 5.97. The standard InChI is InChI=1S/C14H19Cl2N3OS/c1-3-20-8-4-7-17-14(21)19-18-10(2)11-5-6-12(15)13(16)9-11/h5-6,9H,3-4,7-8H2,1-2H3,(H2,17,19,21)/b18-10-. The minimum absolute atomic E-state index is 0.478. The molecule has 0 spiro atoms. The van der Waals surface area contributed by atoms with Crippen LogP contribution in [0.2, 0.25) is 10.0 Å². The van der Waals surface area contributed by atoms with Gasteiger partial charge in [-0.05, 0) is 50.2 Å². The van der Waals surface area contributed by atoms with Gasteiger partial charge in [0.2, 0.25) is 0 Å². The van der Waals surface area contributed by atoms with Gasteiger partial charge in [0, 0.05) is 19.8 Å². The monoisotopic (exact) mass is 347 g/mol. The van der Waals surface area contributed by atoms with Gasteiger partial charge in [-0.1, -0.05) is 29.3 Å². The maximum Gasteiger partial charge on any atom is 0.186 e. The van der Waals surface area contributed by atoms with Crippen molar-refractivity contribution in [2.45, 2.75) is 20.3 Å². The lowest BCUT2D eigenvalue weighted by Crippen LogP contribution is -2.33. The van der Waals surface area contributed by atoms with Gasteiger partial charge in [0.05, 0.1) is 15.8 Å². The van der Waals surface area contributed by atoms with Crippen molar-refractivity contribution in [3.8, 4) is 0 Å². The van der Waals surface area contributed by atoms with Crippen molar-refractivity contribution < 1.29 is 4.74 Å². The summed E-state index contributed by atoms with van der Waals surface area (Å²) in [6, 6.07) is 5.36. The van der Waals surface area contributed by atoms with E-state index in [0.29, 0.717) is 15.2 Å². The molecule has 0 saturated carbocycles. The Hall–Kier alpha value is -0.880. The Morgan fingerprint density at radius 2 is 2.10 bits per heavy atom. The molecular weight excluding hydrogens is 329 g/mol. The maximum absolute atomic E-state index is 5.97. The van der Waals surface area contributed by atoms with Crippen molar-refractivity contribution >= 4 is 46.2 Å². The summed E-state index contributed by atoms with van der Waals surface area (Å²) in [5.74, 6) is 0. The average molecular weight is 348 g/mol. The highest BCUT2D eigenvalue weighted by molar-refractivity contribution is 7.80. The Balaban J connectivity index is 2.40. The van der Waals surface area contributed by atoms with Crippen LogP contribution in [0.4, 0.5) is 0 Å². The molecule has 7 heteroatoms. The molecule has 0 heterocycles. The molecule has 4 nitrogen and oxygen atoms in total. The van der Waals surface area contributed by atoms with Gasteiger partial charge in [-0.2, -0.15) is 5.10 Å². The van der Waals surface area contributed by atoms with E-state index in [4.69, 9.17) is 40.2 Å². The van der Waals surface area contributed by atoms with Crippen LogP contribution >= 0.6 is 35.4 Å². The molecule has 0 aliphatic rings. The minimum atomic E-state index is 0.478. The quantitative estimate of drug-likeness (QED) is 0.342. The third kappa shape index (κ3) is 7.09. The van der Waals surface area contributed by atoms with Crippen LogP contribution in [0.1, 0.15) is 25.8 Å². The molecule has 0 unspecified atom stereocenters. The first-order chi connectivity index (χ1) is 10.0. The molecular formula is C14H19Cl2N3OS. The molecule has 1 aromatic carbocycles. The summed E-state index contributed by atoms with van der Waals surface area (Å²) < 4.78 is 5.24. The second-order valence-corrected chi connectivity index (χ2v) is 5.47. The van der Waals surface area contributed by atoms with Crippen molar-refractivity contribution in [1.82, 2.24) is 10.7 Å². The molecule has 116 valence electrons. The third-order valence-electron chi connectivity index (χ3n) is 2.62. The Morgan fingerprint density at radius 1 is 1.33 bits per heavy atom. The van der Waals surface area contributed by atoms with Gasteiger partial charge in [0.15, 0.2) is 5.11 Å². The van der Waals surface area contributed by atoms with Crippen LogP contribution in [-0.2, 0) is 4.74 Å². The molecule has 0 bridgehead atoms. The number of thiocarbonyl (C=S) groups is 1. The summed E-state index contributed by atoms with van der Waals surface area (Å²) in [5, 5.41) is 8.76. The molecule has 2 N–H and O–H groups in total. The van der Waals surface area contributed by atoms with E-state index in [-0.39, 0.29) is 0 Å². The number of ether oxygens (including phenoxy) is 1. The first kappa shape index (κ1) is 18.2. The largest absolute Gasteiger partial charge is 0.382 e. The number of benzene rings is 1. The van der Waals surface area contributed by atoms with Crippen LogP contribution in [0.5, 0.6) is 0 Å². The fourth-order valence-corrected chi connectivity index (χ4v) is 1.93. The van der Waals surface area contributed by atoms with Crippen LogP contribution in [-0.4, -0.2) is 30.6 Å². The van der Waals surface area contributed by atoms with E-state index < -0.39 is 0 Å². The molecule has 0 fully saturated rings. The highest BCUT2D eigenvalue weighted by Crippen LogP contribution is 2.22. The van der Waals surface area contributed by atoms with E-state index in [1.54, 1.807) is 12.1 Å². The van der Waals surface area contributed by atoms with Crippen molar-refractivity contribution in [2.75, 3.05) is 19.8 Å². The van der Waals surface area contributed by atoms with Gasteiger partial charge in [-0.25, -0.2) is 0 Å². The Bertz CT molecular complexity index is 509. The van der Waals surface area contributed by atoms with E-state index in [1.807, 2.05) is 19.9 Å². The molecule has 0 saturated heterocycles. The van der Waals surface area contributed by atoms with E-state index in [2.05, 4.69) is 15.8 Å². The highest BCUT2D eigenvalue weighted by Gasteiger charge is 2.02. The van der Waals surface area contributed by atoms with Crippen LogP contribution in [0.15, 0.2) is 23.3 Å². The number of hydrogen-bond acceptors (Lipinski definition) is 3. The van der Waals surface area contributed by atoms with E-state index in [0.717, 1.165) is 37.5 Å².